The highest BCUT2D eigenvalue weighted by atomic mass is 79.9. The van der Waals surface area contributed by atoms with E-state index in [4.69, 9.17) is 5.73 Å². The Morgan fingerprint density at radius 2 is 2.05 bits per heavy atom. The zero-order valence-electron chi connectivity index (χ0n) is 11.3. The largest absolute Gasteiger partial charge is 0.342 e. The van der Waals surface area contributed by atoms with Crippen LogP contribution in [-0.4, -0.2) is 10.6 Å². The number of thiophene rings is 1. The summed E-state index contributed by atoms with van der Waals surface area (Å²) in [7, 11) is 0. The van der Waals surface area contributed by atoms with Gasteiger partial charge in [0, 0.05) is 28.0 Å². The monoisotopic (exact) mass is 348 g/mol. The molecule has 0 bridgehead atoms. The zero-order valence-corrected chi connectivity index (χ0v) is 13.7. The molecule has 4 heteroatoms. The van der Waals surface area contributed by atoms with Gasteiger partial charge >= 0.3 is 0 Å². The van der Waals surface area contributed by atoms with Gasteiger partial charge in [0.1, 0.15) is 0 Å². The molecule has 0 saturated heterocycles. The van der Waals surface area contributed by atoms with Gasteiger partial charge in [0.05, 0.1) is 10.3 Å². The maximum Gasteiger partial charge on any atom is 0.0702 e. The topological polar surface area (TPSA) is 30.9 Å². The minimum atomic E-state index is 0.185. The normalized spacial score (nSPS) is 12.9. The molecule has 0 amide bonds. The van der Waals surface area contributed by atoms with E-state index in [1.54, 1.807) is 11.3 Å². The van der Waals surface area contributed by atoms with Gasteiger partial charge in [-0.05, 0) is 53.0 Å². The van der Waals surface area contributed by atoms with E-state index in [9.17, 15) is 0 Å². The molecule has 0 aliphatic carbocycles. The quantitative estimate of drug-likeness (QED) is 0.743. The van der Waals surface area contributed by atoms with Crippen molar-refractivity contribution in [3.63, 3.8) is 0 Å². The number of hydrogen-bond acceptors (Lipinski definition) is 2. The summed E-state index contributed by atoms with van der Waals surface area (Å²) >= 11 is 5.31. The molecule has 20 heavy (non-hydrogen) atoms. The smallest absolute Gasteiger partial charge is 0.0702 e. The predicted molar refractivity (Wildman–Crippen MR) is 90.4 cm³/mol. The molecule has 1 unspecified atom stereocenters. The van der Waals surface area contributed by atoms with Gasteiger partial charge in [-0.1, -0.05) is 18.2 Å². The van der Waals surface area contributed by atoms with Gasteiger partial charge in [-0.15, -0.1) is 11.3 Å². The summed E-state index contributed by atoms with van der Waals surface area (Å²) in [4.78, 5) is 1.35. The molecule has 2 heterocycles. The van der Waals surface area contributed by atoms with Crippen molar-refractivity contribution in [2.45, 2.75) is 25.9 Å². The van der Waals surface area contributed by atoms with E-state index in [0.29, 0.717) is 0 Å². The van der Waals surface area contributed by atoms with Crippen LogP contribution >= 0.6 is 27.3 Å². The number of halogens is 1. The number of aromatic nitrogens is 1. The van der Waals surface area contributed by atoms with E-state index in [1.807, 2.05) is 0 Å². The van der Waals surface area contributed by atoms with Crippen molar-refractivity contribution < 1.29 is 0 Å². The molecule has 0 spiro atoms. The van der Waals surface area contributed by atoms with Crippen LogP contribution < -0.4 is 5.73 Å². The highest BCUT2D eigenvalue weighted by molar-refractivity contribution is 9.11. The zero-order chi connectivity index (χ0) is 14.1. The molecule has 3 aromatic rings. The van der Waals surface area contributed by atoms with E-state index in [1.165, 1.54) is 25.1 Å². The van der Waals surface area contributed by atoms with E-state index >= 15 is 0 Å². The Balaban J connectivity index is 2.02. The third-order valence-electron chi connectivity index (χ3n) is 3.37. The summed E-state index contributed by atoms with van der Waals surface area (Å²) in [5.74, 6) is 0. The summed E-state index contributed by atoms with van der Waals surface area (Å²) in [5.41, 5.74) is 8.59. The lowest BCUT2D eigenvalue weighted by Gasteiger charge is -2.02. The Kier molecular flexibility index (Phi) is 3.96. The summed E-state index contributed by atoms with van der Waals surface area (Å²) < 4.78 is 3.51. The average Bonchev–Trinajstić information content (AvgIpc) is 2.95. The van der Waals surface area contributed by atoms with Crippen LogP contribution in [0.15, 0.2) is 46.4 Å². The second-order valence-electron chi connectivity index (χ2n) is 5.19. The van der Waals surface area contributed by atoms with Crippen molar-refractivity contribution in [3.05, 3.63) is 56.8 Å². The Morgan fingerprint density at radius 1 is 1.25 bits per heavy atom. The lowest BCUT2D eigenvalue weighted by atomic mass is 10.1. The fraction of sp³-hybridized carbons (Fsp3) is 0.250. The average molecular weight is 349 g/mol. The van der Waals surface area contributed by atoms with Crippen LogP contribution in [0.1, 0.15) is 17.4 Å². The number of benzene rings is 1. The molecular formula is C16H17BrN2S. The first-order chi connectivity index (χ1) is 9.63. The summed E-state index contributed by atoms with van der Waals surface area (Å²) in [6.45, 7) is 2.97. The molecule has 1 aromatic carbocycles. The standard InChI is InChI=1S/C16H17BrN2S/c1-11(18)8-12-9-19(10-13-6-7-16(17)20-13)15-5-3-2-4-14(12)15/h2-7,9,11H,8,10,18H2,1H3. The SMILES string of the molecule is CC(N)Cc1cn(Cc2ccc(Br)s2)c2ccccc12. The van der Waals surface area contributed by atoms with Crippen LogP contribution in [0.25, 0.3) is 10.9 Å². The Bertz CT molecular complexity index is 727. The van der Waals surface area contributed by atoms with Crippen molar-refractivity contribution in [2.75, 3.05) is 0 Å². The molecule has 0 aliphatic rings. The first-order valence-corrected chi connectivity index (χ1v) is 8.31. The van der Waals surface area contributed by atoms with Crippen LogP contribution in [0.5, 0.6) is 0 Å². The van der Waals surface area contributed by atoms with E-state index in [2.05, 4.69) is 70.0 Å². The Hall–Kier alpha value is -1.10. The highest BCUT2D eigenvalue weighted by Crippen LogP contribution is 2.27. The summed E-state index contributed by atoms with van der Waals surface area (Å²) in [6, 6.07) is 13.0. The third kappa shape index (κ3) is 2.82. The fourth-order valence-corrected chi connectivity index (χ4v) is 4.05. The molecule has 2 nitrogen and oxygen atoms in total. The van der Waals surface area contributed by atoms with E-state index in [-0.39, 0.29) is 6.04 Å². The number of fused-ring (bicyclic) bond motifs is 1. The molecule has 3 rings (SSSR count). The minimum Gasteiger partial charge on any atom is -0.342 e. The predicted octanol–water partition coefficient (Wildman–Crippen LogP) is 4.40. The second-order valence-corrected chi connectivity index (χ2v) is 7.73. The van der Waals surface area contributed by atoms with Crippen LogP contribution in [-0.2, 0) is 13.0 Å². The molecule has 2 aromatic heterocycles. The molecule has 0 radical (unpaired) electrons. The van der Waals surface area contributed by atoms with Crippen LogP contribution in [0.2, 0.25) is 0 Å². The van der Waals surface area contributed by atoms with Gasteiger partial charge in [0.2, 0.25) is 0 Å². The van der Waals surface area contributed by atoms with Crippen molar-refractivity contribution in [1.29, 1.82) is 0 Å². The van der Waals surface area contributed by atoms with Gasteiger partial charge in [-0.3, -0.25) is 0 Å². The van der Waals surface area contributed by atoms with Crippen molar-refractivity contribution in [1.82, 2.24) is 4.57 Å². The summed E-state index contributed by atoms with van der Waals surface area (Å²) in [5, 5.41) is 1.32. The van der Waals surface area contributed by atoms with Crippen LogP contribution in [0.4, 0.5) is 0 Å². The van der Waals surface area contributed by atoms with Gasteiger partial charge < -0.3 is 10.3 Å². The number of nitrogens with two attached hydrogens (primary N) is 1. The lowest BCUT2D eigenvalue weighted by molar-refractivity contribution is 0.735. The van der Waals surface area contributed by atoms with Crippen molar-refractivity contribution in [3.8, 4) is 0 Å². The van der Waals surface area contributed by atoms with Crippen LogP contribution in [0, 0.1) is 0 Å². The van der Waals surface area contributed by atoms with Crippen molar-refractivity contribution >= 4 is 38.2 Å². The molecule has 2 N–H and O–H groups in total. The first kappa shape index (κ1) is 13.9. The highest BCUT2D eigenvalue weighted by Gasteiger charge is 2.10. The fourth-order valence-electron chi connectivity index (χ4n) is 2.57. The molecule has 104 valence electrons. The molecule has 0 fully saturated rings. The number of rotatable bonds is 4. The van der Waals surface area contributed by atoms with E-state index < -0.39 is 0 Å². The molecule has 0 saturated carbocycles. The molecule has 0 aliphatic heterocycles. The maximum absolute atomic E-state index is 5.97. The minimum absolute atomic E-state index is 0.185. The van der Waals surface area contributed by atoms with Gasteiger partial charge in [0.15, 0.2) is 0 Å². The van der Waals surface area contributed by atoms with Gasteiger partial charge in [-0.2, -0.15) is 0 Å². The van der Waals surface area contributed by atoms with Crippen LogP contribution in [0.3, 0.4) is 0 Å². The third-order valence-corrected chi connectivity index (χ3v) is 4.98. The van der Waals surface area contributed by atoms with Crippen molar-refractivity contribution in [2.24, 2.45) is 5.73 Å². The second kappa shape index (κ2) is 5.72. The maximum atomic E-state index is 5.97. The number of hydrogen-bond donors (Lipinski definition) is 1. The molecule has 1 atom stereocenters. The van der Waals surface area contributed by atoms with Gasteiger partial charge in [-0.25, -0.2) is 0 Å². The van der Waals surface area contributed by atoms with Gasteiger partial charge in [0.25, 0.3) is 0 Å². The molecular weight excluding hydrogens is 332 g/mol. The lowest BCUT2D eigenvalue weighted by Crippen LogP contribution is -2.17. The Morgan fingerprint density at radius 3 is 2.75 bits per heavy atom. The van der Waals surface area contributed by atoms with E-state index in [0.717, 1.165) is 13.0 Å². The number of para-hydroxylation sites is 1. The first-order valence-electron chi connectivity index (χ1n) is 6.70. The summed E-state index contributed by atoms with van der Waals surface area (Å²) in [6.07, 6.45) is 3.17. The number of nitrogens with zero attached hydrogens (tertiary/aromatic N) is 1. The Labute approximate surface area is 131 Å².